The highest BCUT2D eigenvalue weighted by molar-refractivity contribution is 5.58. The summed E-state index contributed by atoms with van der Waals surface area (Å²) in [6.45, 7) is 0. The summed E-state index contributed by atoms with van der Waals surface area (Å²) in [4.78, 5) is 16.4. The molecule has 2 N–H and O–H groups in total. The normalized spacial score (nSPS) is 16.5. The molecule has 0 saturated heterocycles. The Balaban J connectivity index is 2.17. The lowest BCUT2D eigenvalue weighted by atomic mass is 9.94. The van der Waals surface area contributed by atoms with E-state index < -0.39 is 4.92 Å². The molecule has 0 amide bonds. The van der Waals surface area contributed by atoms with Gasteiger partial charge in [-0.05, 0) is 18.9 Å². The molecule has 1 aromatic rings. The van der Waals surface area contributed by atoms with Crippen molar-refractivity contribution >= 4 is 17.3 Å². The van der Waals surface area contributed by atoms with E-state index in [1.807, 2.05) is 7.05 Å². The van der Waals surface area contributed by atoms with Crippen molar-refractivity contribution < 1.29 is 4.92 Å². The molecule has 0 unspecified atom stereocenters. The number of pyridine rings is 1. The number of aromatic nitrogens is 1. The molecule has 1 aliphatic rings. The maximum absolute atomic E-state index is 10.7. The van der Waals surface area contributed by atoms with Crippen LogP contribution in [0.25, 0.3) is 0 Å². The zero-order valence-electron chi connectivity index (χ0n) is 10.5. The first-order chi connectivity index (χ1) is 8.59. The summed E-state index contributed by atoms with van der Waals surface area (Å²) in [5.74, 6) is 0.699. The second kappa shape index (κ2) is 5.20. The van der Waals surface area contributed by atoms with Crippen LogP contribution in [0.1, 0.15) is 32.1 Å². The van der Waals surface area contributed by atoms with Gasteiger partial charge in [-0.25, -0.2) is 4.98 Å². The maximum atomic E-state index is 10.7. The van der Waals surface area contributed by atoms with Crippen LogP contribution >= 0.6 is 0 Å². The number of rotatable bonds is 3. The van der Waals surface area contributed by atoms with E-state index in [1.54, 1.807) is 6.07 Å². The van der Waals surface area contributed by atoms with Crippen molar-refractivity contribution in [3.63, 3.8) is 0 Å². The Morgan fingerprint density at radius 2 is 2.06 bits per heavy atom. The maximum Gasteiger partial charge on any atom is 0.311 e. The monoisotopic (exact) mass is 250 g/mol. The van der Waals surface area contributed by atoms with E-state index in [-0.39, 0.29) is 11.5 Å². The summed E-state index contributed by atoms with van der Waals surface area (Å²) in [7, 11) is 1.98. The molecule has 0 bridgehead atoms. The van der Waals surface area contributed by atoms with Gasteiger partial charge in [0.15, 0.2) is 0 Å². The summed E-state index contributed by atoms with van der Waals surface area (Å²) in [6.07, 6.45) is 6.05. The molecular formula is C12H18N4O2. The van der Waals surface area contributed by atoms with Crippen molar-refractivity contribution in [1.29, 1.82) is 0 Å². The molecule has 98 valence electrons. The van der Waals surface area contributed by atoms with E-state index in [9.17, 15) is 10.1 Å². The number of nitrogens with zero attached hydrogens (tertiary/aromatic N) is 3. The Morgan fingerprint density at radius 1 is 1.39 bits per heavy atom. The second-order valence-electron chi connectivity index (χ2n) is 4.73. The second-order valence-corrected chi connectivity index (χ2v) is 4.73. The number of hydrogen-bond acceptors (Lipinski definition) is 5. The van der Waals surface area contributed by atoms with Crippen LogP contribution in [-0.2, 0) is 0 Å². The Labute approximate surface area is 106 Å². The third kappa shape index (κ3) is 2.52. The molecule has 1 aromatic heterocycles. The summed E-state index contributed by atoms with van der Waals surface area (Å²) in [5, 5.41) is 10.7. The van der Waals surface area contributed by atoms with Crippen molar-refractivity contribution in [3.05, 3.63) is 22.2 Å². The Morgan fingerprint density at radius 3 is 2.61 bits per heavy atom. The molecule has 0 aromatic carbocycles. The molecule has 6 heteroatoms. The molecule has 0 atom stereocenters. The third-order valence-corrected chi connectivity index (χ3v) is 3.57. The Hall–Kier alpha value is -1.85. The number of nitrogens with two attached hydrogens (primary N) is 1. The zero-order valence-corrected chi connectivity index (χ0v) is 10.5. The molecule has 0 radical (unpaired) electrons. The van der Waals surface area contributed by atoms with Crippen molar-refractivity contribution in [2.24, 2.45) is 0 Å². The van der Waals surface area contributed by atoms with E-state index in [4.69, 9.17) is 5.73 Å². The minimum absolute atomic E-state index is 0.0137. The van der Waals surface area contributed by atoms with Crippen LogP contribution in [0.2, 0.25) is 0 Å². The summed E-state index contributed by atoms with van der Waals surface area (Å²) >= 11 is 0. The van der Waals surface area contributed by atoms with Gasteiger partial charge in [0.25, 0.3) is 0 Å². The average molecular weight is 250 g/mol. The first kappa shape index (κ1) is 12.6. The highest BCUT2D eigenvalue weighted by atomic mass is 16.6. The van der Waals surface area contributed by atoms with Gasteiger partial charge < -0.3 is 10.6 Å². The molecule has 1 saturated carbocycles. The first-order valence-corrected chi connectivity index (χ1v) is 6.23. The number of anilines is 2. The molecule has 18 heavy (non-hydrogen) atoms. The molecule has 1 aliphatic carbocycles. The average Bonchev–Trinajstić information content (AvgIpc) is 2.38. The molecule has 6 nitrogen and oxygen atoms in total. The van der Waals surface area contributed by atoms with Crippen molar-refractivity contribution in [1.82, 2.24) is 4.98 Å². The van der Waals surface area contributed by atoms with Crippen LogP contribution in [0.4, 0.5) is 17.3 Å². The van der Waals surface area contributed by atoms with Crippen LogP contribution in [0.5, 0.6) is 0 Å². The lowest BCUT2D eigenvalue weighted by Gasteiger charge is -2.32. The summed E-state index contributed by atoms with van der Waals surface area (Å²) in [5.41, 5.74) is 5.48. The van der Waals surface area contributed by atoms with Gasteiger partial charge in [0.1, 0.15) is 5.82 Å². The molecule has 0 aliphatic heterocycles. The fraction of sp³-hybridized carbons (Fsp3) is 0.583. The standard InChI is InChI=1S/C12H18N4O2/c1-15(9-5-3-2-4-6-9)11-8-7-10(16(17)18)12(13)14-11/h7-9H,2-6H2,1H3,(H2,13,14). The zero-order chi connectivity index (χ0) is 13.1. The largest absolute Gasteiger partial charge is 0.378 e. The van der Waals surface area contributed by atoms with Gasteiger partial charge in [0.05, 0.1) is 4.92 Å². The summed E-state index contributed by atoms with van der Waals surface area (Å²) in [6, 6.07) is 3.56. The topological polar surface area (TPSA) is 85.3 Å². The van der Waals surface area contributed by atoms with E-state index in [0.29, 0.717) is 11.9 Å². The lowest BCUT2D eigenvalue weighted by Crippen LogP contribution is -2.34. The van der Waals surface area contributed by atoms with E-state index in [2.05, 4.69) is 9.88 Å². The molecule has 0 spiro atoms. The predicted octanol–water partition coefficient (Wildman–Crippen LogP) is 2.34. The van der Waals surface area contributed by atoms with Crippen molar-refractivity contribution in [3.8, 4) is 0 Å². The van der Waals surface area contributed by atoms with Gasteiger partial charge in [-0.1, -0.05) is 19.3 Å². The lowest BCUT2D eigenvalue weighted by molar-refractivity contribution is -0.384. The van der Waals surface area contributed by atoms with E-state index in [0.717, 1.165) is 12.8 Å². The van der Waals surface area contributed by atoms with Crippen molar-refractivity contribution in [2.45, 2.75) is 38.1 Å². The molecular weight excluding hydrogens is 232 g/mol. The van der Waals surface area contributed by atoms with Gasteiger partial charge in [0, 0.05) is 19.2 Å². The Bertz CT molecular complexity index is 444. The number of hydrogen-bond donors (Lipinski definition) is 1. The van der Waals surface area contributed by atoms with Gasteiger partial charge >= 0.3 is 5.69 Å². The van der Waals surface area contributed by atoms with Crippen molar-refractivity contribution in [2.75, 3.05) is 17.7 Å². The van der Waals surface area contributed by atoms with Crippen LogP contribution in [0.15, 0.2) is 12.1 Å². The quantitative estimate of drug-likeness (QED) is 0.657. The van der Waals surface area contributed by atoms with Gasteiger partial charge in [-0.15, -0.1) is 0 Å². The molecule has 1 heterocycles. The number of nitrogen functional groups attached to an aromatic ring is 1. The summed E-state index contributed by atoms with van der Waals surface area (Å²) < 4.78 is 0. The van der Waals surface area contributed by atoms with Crippen LogP contribution in [0, 0.1) is 10.1 Å². The van der Waals surface area contributed by atoms with Gasteiger partial charge in [-0.2, -0.15) is 0 Å². The van der Waals surface area contributed by atoms with E-state index in [1.165, 1.54) is 25.3 Å². The smallest absolute Gasteiger partial charge is 0.311 e. The SMILES string of the molecule is CN(c1ccc([N+](=O)[O-])c(N)n1)C1CCCCC1. The molecule has 2 rings (SSSR count). The van der Waals surface area contributed by atoms with Gasteiger partial charge in [-0.3, -0.25) is 10.1 Å². The van der Waals surface area contributed by atoms with Crippen LogP contribution < -0.4 is 10.6 Å². The minimum atomic E-state index is -0.507. The van der Waals surface area contributed by atoms with Crippen LogP contribution in [0.3, 0.4) is 0 Å². The Kier molecular flexibility index (Phi) is 3.64. The fourth-order valence-corrected chi connectivity index (χ4v) is 2.46. The first-order valence-electron chi connectivity index (χ1n) is 6.23. The predicted molar refractivity (Wildman–Crippen MR) is 70.6 cm³/mol. The third-order valence-electron chi connectivity index (χ3n) is 3.57. The number of nitro groups is 1. The fourth-order valence-electron chi connectivity index (χ4n) is 2.46. The highest BCUT2D eigenvalue weighted by Crippen LogP contribution is 2.27. The van der Waals surface area contributed by atoms with Crippen LogP contribution in [-0.4, -0.2) is 23.0 Å². The van der Waals surface area contributed by atoms with E-state index >= 15 is 0 Å². The minimum Gasteiger partial charge on any atom is -0.378 e. The molecule has 1 fully saturated rings. The van der Waals surface area contributed by atoms with Gasteiger partial charge in [0.2, 0.25) is 5.82 Å². The highest BCUT2D eigenvalue weighted by Gasteiger charge is 2.21.